The highest BCUT2D eigenvalue weighted by Crippen LogP contribution is 2.44. The Morgan fingerprint density at radius 3 is 2.09 bits per heavy atom. The zero-order valence-electron chi connectivity index (χ0n) is 11.8. The van der Waals surface area contributed by atoms with Gasteiger partial charge in [0.25, 0.3) is 0 Å². The van der Waals surface area contributed by atoms with Crippen molar-refractivity contribution in [2.45, 2.75) is 18.0 Å². The number of nitrogens with zero attached hydrogens (tertiary/aromatic N) is 1. The zero-order valence-corrected chi connectivity index (χ0v) is 13.4. The molecule has 2 nitrogen and oxygen atoms in total. The van der Waals surface area contributed by atoms with Crippen LogP contribution < -0.4 is 0 Å². The lowest BCUT2D eigenvalue weighted by Crippen LogP contribution is -2.43. The highest BCUT2D eigenvalue weighted by Gasteiger charge is 2.57. The van der Waals surface area contributed by atoms with E-state index in [-0.39, 0.29) is 11.1 Å². The minimum atomic E-state index is -4.87. The molecule has 0 aromatic heterocycles. The number of alkyl halides is 3. The summed E-state index contributed by atoms with van der Waals surface area (Å²) in [6.07, 6.45) is -5.83. The largest absolute Gasteiger partial charge is 0.411 e. The molecule has 0 saturated heterocycles. The fourth-order valence-electron chi connectivity index (χ4n) is 2.23. The van der Waals surface area contributed by atoms with E-state index in [1.807, 2.05) is 0 Å². The second kappa shape index (κ2) is 6.55. The van der Waals surface area contributed by atoms with Gasteiger partial charge in [0.15, 0.2) is 11.2 Å². The van der Waals surface area contributed by atoms with Crippen molar-refractivity contribution in [1.29, 1.82) is 5.26 Å². The molecule has 0 aliphatic rings. The summed E-state index contributed by atoms with van der Waals surface area (Å²) in [4.78, 5) is 12.3. The second-order valence-electron chi connectivity index (χ2n) is 4.99. The number of ketones is 1. The molecule has 0 spiro atoms. The van der Waals surface area contributed by atoms with Gasteiger partial charge in [-0.1, -0.05) is 58.4 Å². The third kappa shape index (κ3) is 3.45. The molecule has 1 atom stereocenters. The number of nitriles is 1. The Morgan fingerprint density at radius 1 is 1.04 bits per heavy atom. The van der Waals surface area contributed by atoms with E-state index < -0.39 is 23.8 Å². The highest BCUT2D eigenvalue weighted by molar-refractivity contribution is 9.10. The fourth-order valence-corrected chi connectivity index (χ4v) is 2.50. The number of carbonyl (C=O) groups excluding carboxylic acids is 1. The van der Waals surface area contributed by atoms with Crippen LogP contribution in [0.15, 0.2) is 59.1 Å². The van der Waals surface area contributed by atoms with Crippen LogP contribution in [0.2, 0.25) is 0 Å². The molecule has 2 aromatic rings. The molecule has 0 saturated carbocycles. The quantitative estimate of drug-likeness (QED) is 0.695. The number of hydrogen-bond donors (Lipinski definition) is 0. The summed E-state index contributed by atoms with van der Waals surface area (Å²) in [5, 5.41) is 9.28. The molecule has 0 bridgehead atoms. The van der Waals surface area contributed by atoms with Crippen molar-refractivity contribution >= 4 is 21.7 Å². The lowest BCUT2D eigenvalue weighted by Gasteiger charge is -2.29. The van der Waals surface area contributed by atoms with E-state index in [2.05, 4.69) is 15.9 Å². The molecular weight excluding hydrogens is 371 g/mol. The summed E-state index contributed by atoms with van der Waals surface area (Å²) in [5.41, 5.74) is -2.97. The molecule has 2 rings (SSSR count). The van der Waals surface area contributed by atoms with Crippen molar-refractivity contribution in [3.8, 4) is 6.07 Å². The minimum absolute atomic E-state index is 0.132. The van der Waals surface area contributed by atoms with Gasteiger partial charge in [0.1, 0.15) is 0 Å². The van der Waals surface area contributed by atoms with Crippen LogP contribution >= 0.6 is 15.9 Å². The number of rotatable bonds is 4. The van der Waals surface area contributed by atoms with E-state index in [1.165, 1.54) is 42.5 Å². The van der Waals surface area contributed by atoms with Crippen LogP contribution in [0, 0.1) is 11.3 Å². The van der Waals surface area contributed by atoms with E-state index in [1.54, 1.807) is 18.2 Å². The first-order valence-corrected chi connectivity index (χ1v) is 7.42. The third-order valence-electron chi connectivity index (χ3n) is 3.53. The van der Waals surface area contributed by atoms with Crippen LogP contribution in [-0.2, 0) is 5.41 Å². The molecule has 6 heteroatoms. The van der Waals surface area contributed by atoms with Crippen molar-refractivity contribution < 1.29 is 18.0 Å². The topological polar surface area (TPSA) is 40.9 Å². The van der Waals surface area contributed by atoms with E-state index in [9.17, 15) is 23.2 Å². The maximum Gasteiger partial charge on any atom is 0.411 e. The van der Waals surface area contributed by atoms with E-state index in [4.69, 9.17) is 0 Å². The average molecular weight is 382 g/mol. The normalized spacial score (nSPS) is 13.9. The van der Waals surface area contributed by atoms with Crippen molar-refractivity contribution in [3.63, 3.8) is 0 Å². The number of carbonyl (C=O) groups is 1. The van der Waals surface area contributed by atoms with Crippen LogP contribution in [0.25, 0.3) is 0 Å². The van der Waals surface area contributed by atoms with Crippen LogP contribution in [0.3, 0.4) is 0 Å². The van der Waals surface area contributed by atoms with Gasteiger partial charge in [-0.3, -0.25) is 4.79 Å². The van der Waals surface area contributed by atoms with Crippen LogP contribution in [0.5, 0.6) is 0 Å². The Kier molecular flexibility index (Phi) is 4.90. The molecule has 0 unspecified atom stereocenters. The molecule has 0 amide bonds. The van der Waals surface area contributed by atoms with E-state index in [0.29, 0.717) is 4.47 Å². The van der Waals surface area contributed by atoms with Gasteiger partial charge in [-0.25, -0.2) is 0 Å². The van der Waals surface area contributed by atoms with Gasteiger partial charge in [0.05, 0.1) is 6.07 Å². The Hall–Kier alpha value is -2.13. The van der Waals surface area contributed by atoms with Crippen molar-refractivity contribution in [2.24, 2.45) is 0 Å². The molecule has 0 fully saturated rings. The number of hydrogen-bond acceptors (Lipinski definition) is 2. The lowest BCUT2D eigenvalue weighted by molar-refractivity contribution is -0.172. The smallest absolute Gasteiger partial charge is 0.294 e. The maximum atomic E-state index is 13.6. The van der Waals surface area contributed by atoms with Gasteiger partial charge in [-0.15, -0.1) is 0 Å². The molecule has 0 aliphatic heterocycles. The lowest BCUT2D eigenvalue weighted by atomic mass is 9.76. The molecular formula is C17H11BrF3NO. The molecule has 23 heavy (non-hydrogen) atoms. The summed E-state index contributed by atoms with van der Waals surface area (Å²) < 4.78 is 41.6. The van der Waals surface area contributed by atoms with Crippen LogP contribution in [0.4, 0.5) is 13.2 Å². The first-order chi connectivity index (χ1) is 10.8. The molecule has 0 heterocycles. The summed E-state index contributed by atoms with van der Waals surface area (Å²) in [7, 11) is 0. The first-order valence-electron chi connectivity index (χ1n) is 6.62. The predicted octanol–water partition coefficient (Wildman–Crippen LogP) is 5.05. The van der Waals surface area contributed by atoms with Gasteiger partial charge < -0.3 is 0 Å². The van der Waals surface area contributed by atoms with Gasteiger partial charge in [-0.2, -0.15) is 18.4 Å². The predicted molar refractivity (Wildman–Crippen MR) is 82.9 cm³/mol. The first kappa shape index (κ1) is 17.2. The van der Waals surface area contributed by atoms with Crippen LogP contribution in [0.1, 0.15) is 22.3 Å². The van der Waals surface area contributed by atoms with Crippen molar-refractivity contribution in [1.82, 2.24) is 0 Å². The molecule has 0 radical (unpaired) electrons. The highest BCUT2D eigenvalue weighted by atomic mass is 79.9. The van der Waals surface area contributed by atoms with Gasteiger partial charge in [-0.05, 0) is 17.7 Å². The Labute approximate surface area is 139 Å². The second-order valence-corrected chi connectivity index (χ2v) is 5.90. The van der Waals surface area contributed by atoms with E-state index >= 15 is 0 Å². The SMILES string of the molecule is N#C[C@@](CC(=O)c1ccc(Br)cc1)(c1ccccc1)C(F)(F)F. The fraction of sp³-hybridized carbons (Fsp3) is 0.176. The Balaban J connectivity index is 2.46. The van der Waals surface area contributed by atoms with Crippen molar-refractivity contribution in [3.05, 3.63) is 70.2 Å². The maximum absolute atomic E-state index is 13.6. The monoisotopic (exact) mass is 381 g/mol. The minimum Gasteiger partial charge on any atom is -0.294 e. The standard InChI is InChI=1S/C17H11BrF3NO/c18-14-8-6-12(7-9-14)15(23)10-16(11-22,17(19,20)21)13-4-2-1-3-5-13/h1-9H,10H2/t16-/m0/s1. The summed E-state index contributed by atoms with van der Waals surface area (Å²) in [6.45, 7) is 0. The molecule has 2 aromatic carbocycles. The Bertz CT molecular complexity index is 735. The van der Waals surface area contributed by atoms with Crippen molar-refractivity contribution in [2.75, 3.05) is 0 Å². The summed E-state index contributed by atoms with van der Waals surface area (Å²) in [5.74, 6) is -0.736. The molecule has 0 aliphatic carbocycles. The van der Waals surface area contributed by atoms with Crippen LogP contribution in [-0.4, -0.2) is 12.0 Å². The number of benzene rings is 2. The molecule has 0 N–H and O–H groups in total. The van der Waals surface area contributed by atoms with Gasteiger partial charge in [0, 0.05) is 16.5 Å². The van der Waals surface area contributed by atoms with Gasteiger partial charge in [0.2, 0.25) is 0 Å². The summed E-state index contributed by atoms with van der Waals surface area (Å²) in [6, 6.07) is 14.1. The third-order valence-corrected chi connectivity index (χ3v) is 4.06. The van der Waals surface area contributed by atoms with Gasteiger partial charge >= 0.3 is 6.18 Å². The number of Topliss-reactive ketones (excluding diaryl/α,β-unsaturated/α-hetero) is 1. The average Bonchev–Trinajstić information content (AvgIpc) is 2.52. The van der Waals surface area contributed by atoms with E-state index in [0.717, 1.165) is 0 Å². The summed E-state index contributed by atoms with van der Waals surface area (Å²) >= 11 is 3.19. The Morgan fingerprint density at radius 2 is 1.61 bits per heavy atom. The molecule has 118 valence electrons. The zero-order chi connectivity index (χ0) is 17.1. The number of halogens is 4.